The highest BCUT2D eigenvalue weighted by Gasteiger charge is 2.21. The molecule has 0 aliphatic carbocycles. The Kier molecular flexibility index (Phi) is 10.7. The summed E-state index contributed by atoms with van der Waals surface area (Å²) in [4.78, 5) is 44.1. The first-order chi connectivity index (χ1) is 20.7. The number of carbonyl (C=O) groups is 2. The number of hydrogen-bond acceptors (Lipinski definition) is 6. The summed E-state index contributed by atoms with van der Waals surface area (Å²) in [5.41, 5.74) is 6.22. The fraction of sp³-hybridized carbons (Fsp3) is 0.394. The Balaban J connectivity index is 1.40. The summed E-state index contributed by atoms with van der Waals surface area (Å²) in [5, 5.41) is 2.46. The molecule has 0 saturated carbocycles. The molecule has 3 N–H and O–H groups in total. The SMILES string of the molecule is CC[C@H](C)N(C)Cc1ncc(-c2ccc(-c3ccc(-c4cnc(CN(C(=O)CNC(=O)OC)[C@@H](C)CC)[nH]4)cc3)cc2)[nH]1. The van der Waals surface area contributed by atoms with Crippen LogP contribution in [0.2, 0.25) is 0 Å². The standard InChI is InChI=1S/C33H43N7O3/c1-7-22(3)39(5)20-30-34-17-28(37-30)26-13-9-24(10-14-26)25-11-15-27(16-12-25)29-18-35-31(38-29)21-40(23(4)8-2)32(41)19-36-33(42)43-6/h9-18,22-23H,7-8,19-21H2,1-6H3,(H,34,37)(H,35,38)(H,36,42)/t22-,23-/m0/s1. The molecule has 10 nitrogen and oxygen atoms in total. The number of aromatic nitrogens is 4. The normalized spacial score (nSPS) is 12.6. The smallest absolute Gasteiger partial charge is 0.407 e. The van der Waals surface area contributed by atoms with Crippen molar-refractivity contribution in [3.05, 3.63) is 72.6 Å². The second-order valence-corrected chi connectivity index (χ2v) is 10.9. The van der Waals surface area contributed by atoms with Gasteiger partial charge in [0.15, 0.2) is 0 Å². The van der Waals surface area contributed by atoms with Crippen molar-refractivity contribution in [1.29, 1.82) is 0 Å². The minimum Gasteiger partial charge on any atom is -0.453 e. The Hall–Kier alpha value is -4.44. The van der Waals surface area contributed by atoms with Crippen molar-refractivity contribution in [2.24, 2.45) is 0 Å². The summed E-state index contributed by atoms with van der Waals surface area (Å²) < 4.78 is 4.57. The van der Waals surface area contributed by atoms with Gasteiger partial charge in [-0.2, -0.15) is 0 Å². The molecule has 0 bridgehead atoms. The molecule has 0 unspecified atom stereocenters. The quantitative estimate of drug-likeness (QED) is 0.181. The second kappa shape index (κ2) is 14.6. The molecule has 0 radical (unpaired) electrons. The molecule has 228 valence electrons. The summed E-state index contributed by atoms with van der Waals surface area (Å²) in [7, 11) is 3.39. The fourth-order valence-corrected chi connectivity index (χ4v) is 4.76. The van der Waals surface area contributed by atoms with Crippen LogP contribution in [0.15, 0.2) is 60.9 Å². The summed E-state index contributed by atoms with van der Waals surface area (Å²) >= 11 is 0. The molecule has 2 aromatic carbocycles. The molecule has 10 heteroatoms. The zero-order valence-electron chi connectivity index (χ0n) is 26.0. The van der Waals surface area contributed by atoms with E-state index in [0.717, 1.165) is 58.9 Å². The second-order valence-electron chi connectivity index (χ2n) is 10.9. The van der Waals surface area contributed by atoms with Gasteiger partial charge in [-0.3, -0.25) is 9.69 Å². The van der Waals surface area contributed by atoms with Gasteiger partial charge in [0, 0.05) is 12.1 Å². The maximum absolute atomic E-state index is 12.8. The minimum atomic E-state index is -0.635. The Morgan fingerprint density at radius 1 is 0.791 bits per heavy atom. The molecule has 0 aliphatic rings. The first-order valence-electron chi connectivity index (χ1n) is 14.8. The lowest BCUT2D eigenvalue weighted by Gasteiger charge is -2.27. The van der Waals surface area contributed by atoms with E-state index in [-0.39, 0.29) is 18.5 Å². The van der Waals surface area contributed by atoms with Crippen LogP contribution in [0.25, 0.3) is 33.6 Å². The topological polar surface area (TPSA) is 119 Å². The fourth-order valence-electron chi connectivity index (χ4n) is 4.76. The van der Waals surface area contributed by atoms with Crippen molar-refractivity contribution >= 4 is 12.0 Å². The predicted molar refractivity (Wildman–Crippen MR) is 169 cm³/mol. The zero-order valence-corrected chi connectivity index (χ0v) is 26.0. The summed E-state index contributed by atoms with van der Waals surface area (Å²) in [5.74, 6) is 1.44. The summed E-state index contributed by atoms with van der Waals surface area (Å²) in [6.07, 6.45) is 4.93. The van der Waals surface area contributed by atoms with Gasteiger partial charge in [-0.1, -0.05) is 62.4 Å². The van der Waals surface area contributed by atoms with E-state index in [9.17, 15) is 9.59 Å². The number of methoxy groups -OCH3 is 1. The van der Waals surface area contributed by atoms with Crippen molar-refractivity contribution in [1.82, 2.24) is 35.1 Å². The maximum atomic E-state index is 12.8. The van der Waals surface area contributed by atoms with Crippen LogP contribution in [0.3, 0.4) is 0 Å². The molecule has 2 amide bonds. The Labute approximate surface area is 253 Å². The zero-order chi connectivity index (χ0) is 30.9. The Morgan fingerprint density at radius 2 is 1.26 bits per heavy atom. The van der Waals surface area contributed by atoms with Crippen molar-refractivity contribution in [2.45, 2.75) is 65.7 Å². The third-order valence-electron chi connectivity index (χ3n) is 8.06. The van der Waals surface area contributed by atoms with Gasteiger partial charge in [-0.15, -0.1) is 0 Å². The van der Waals surface area contributed by atoms with Gasteiger partial charge in [-0.25, -0.2) is 14.8 Å². The highest BCUT2D eigenvalue weighted by atomic mass is 16.5. The van der Waals surface area contributed by atoms with Crippen LogP contribution in [0.5, 0.6) is 0 Å². The van der Waals surface area contributed by atoms with Crippen LogP contribution in [0.1, 0.15) is 52.2 Å². The van der Waals surface area contributed by atoms with Gasteiger partial charge in [0.25, 0.3) is 0 Å². The van der Waals surface area contributed by atoms with Crippen LogP contribution < -0.4 is 5.32 Å². The van der Waals surface area contributed by atoms with E-state index in [2.05, 4.69) is 104 Å². The van der Waals surface area contributed by atoms with E-state index >= 15 is 0 Å². The van der Waals surface area contributed by atoms with Crippen LogP contribution in [-0.4, -0.2) is 74.5 Å². The number of nitrogens with zero attached hydrogens (tertiary/aromatic N) is 4. The largest absolute Gasteiger partial charge is 0.453 e. The van der Waals surface area contributed by atoms with Crippen LogP contribution in [0.4, 0.5) is 4.79 Å². The molecular weight excluding hydrogens is 542 g/mol. The van der Waals surface area contributed by atoms with Crippen molar-refractivity contribution < 1.29 is 14.3 Å². The third kappa shape index (κ3) is 8.10. The highest BCUT2D eigenvalue weighted by molar-refractivity contribution is 5.82. The molecule has 43 heavy (non-hydrogen) atoms. The van der Waals surface area contributed by atoms with Gasteiger partial charge in [0.2, 0.25) is 5.91 Å². The minimum absolute atomic E-state index is 0.0159. The number of H-pyrrole nitrogens is 2. The van der Waals surface area contributed by atoms with E-state index in [1.54, 1.807) is 11.1 Å². The molecule has 4 rings (SSSR count). The third-order valence-corrected chi connectivity index (χ3v) is 8.06. The first kappa shape index (κ1) is 31.5. The van der Waals surface area contributed by atoms with Crippen molar-refractivity contribution in [3.63, 3.8) is 0 Å². The lowest BCUT2D eigenvalue weighted by Crippen LogP contribution is -2.44. The molecule has 2 aromatic heterocycles. The number of rotatable bonds is 13. The molecule has 0 spiro atoms. The number of aromatic amines is 2. The number of alkyl carbamates (subject to hydrolysis) is 1. The molecule has 0 aliphatic heterocycles. The van der Waals surface area contributed by atoms with E-state index in [1.165, 1.54) is 7.11 Å². The summed E-state index contributed by atoms with van der Waals surface area (Å²) in [6.45, 7) is 9.39. The Morgan fingerprint density at radius 3 is 1.72 bits per heavy atom. The molecule has 2 atom stereocenters. The van der Waals surface area contributed by atoms with Crippen LogP contribution in [0, 0.1) is 0 Å². The van der Waals surface area contributed by atoms with E-state index in [1.807, 2.05) is 20.0 Å². The maximum Gasteiger partial charge on any atom is 0.407 e. The molecule has 2 heterocycles. The van der Waals surface area contributed by atoms with Crippen molar-refractivity contribution in [2.75, 3.05) is 20.7 Å². The number of nitrogens with one attached hydrogen (secondary N) is 3. The monoisotopic (exact) mass is 585 g/mol. The van der Waals surface area contributed by atoms with E-state index in [4.69, 9.17) is 0 Å². The number of ether oxygens (including phenoxy) is 1. The van der Waals surface area contributed by atoms with Gasteiger partial charge in [-0.05, 0) is 56.0 Å². The molecular formula is C33H43N7O3. The molecule has 0 fully saturated rings. The number of carbonyl (C=O) groups excluding carboxylic acids is 2. The van der Waals surface area contributed by atoms with Gasteiger partial charge < -0.3 is 24.9 Å². The lowest BCUT2D eigenvalue weighted by atomic mass is 10.0. The van der Waals surface area contributed by atoms with Crippen LogP contribution in [-0.2, 0) is 22.6 Å². The van der Waals surface area contributed by atoms with Gasteiger partial charge in [0.05, 0.1) is 44.0 Å². The summed E-state index contributed by atoms with van der Waals surface area (Å²) in [6, 6.07) is 17.3. The van der Waals surface area contributed by atoms with Crippen LogP contribution >= 0.6 is 0 Å². The van der Waals surface area contributed by atoms with Crippen molar-refractivity contribution in [3.8, 4) is 33.6 Å². The highest BCUT2D eigenvalue weighted by Crippen LogP contribution is 2.27. The molecule has 4 aromatic rings. The average molecular weight is 586 g/mol. The number of hydrogen-bond donors (Lipinski definition) is 3. The van der Waals surface area contributed by atoms with E-state index < -0.39 is 6.09 Å². The lowest BCUT2D eigenvalue weighted by molar-refractivity contribution is -0.133. The number of imidazole rings is 2. The number of amides is 2. The average Bonchev–Trinajstić information content (AvgIpc) is 3.71. The predicted octanol–water partition coefficient (Wildman–Crippen LogP) is 5.85. The van der Waals surface area contributed by atoms with Gasteiger partial charge in [0.1, 0.15) is 18.2 Å². The van der Waals surface area contributed by atoms with E-state index in [0.29, 0.717) is 18.4 Å². The van der Waals surface area contributed by atoms with Gasteiger partial charge >= 0.3 is 6.09 Å². The molecule has 0 saturated heterocycles. The number of benzene rings is 2. The Bertz CT molecular complexity index is 1480. The first-order valence-corrected chi connectivity index (χ1v) is 14.8.